The summed E-state index contributed by atoms with van der Waals surface area (Å²) < 4.78 is 19.1. The van der Waals surface area contributed by atoms with Crippen LogP contribution >= 0.6 is 24.0 Å². The molecule has 3 heterocycles. The van der Waals surface area contributed by atoms with Crippen molar-refractivity contribution in [1.29, 1.82) is 0 Å². The SMILES string of the molecule is CN1C2CCC1[C@@H](c1cc(-c3ccc(F)cc3)no1)[C@@H](c1ccc(Cl)cc1)C2.Cl. The third-order valence-electron chi connectivity index (χ3n) is 6.56. The molecular formula is C23H23Cl2FN2O. The third kappa shape index (κ3) is 3.70. The molecule has 5 rings (SSSR count). The van der Waals surface area contributed by atoms with E-state index in [-0.39, 0.29) is 24.1 Å². The second-order valence-electron chi connectivity index (χ2n) is 8.00. The maximum absolute atomic E-state index is 13.3. The zero-order valence-corrected chi connectivity index (χ0v) is 17.7. The van der Waals surface area contributed by atoms with Gasteiger partial charge in [-0.15, -0.1) is 12.4 Å². The summed E-state index contributed by atoms with van der Waals surface area (Å²) in [5, 5.41) is 5.06. The van der Waals surface area contributed by atoms with Crippen LogP contribution in [0.15, 0.2) is 59.1 Å². The highest BCUT2D eigenvalue weighted by atomic mass is 35.5. The summed E-state index contributed by atoms with van der Waals surface area (Å²) in [5.74, 6) is 1.28. The predicted octanol–water partition coefficient (Wildman–Crippen LogP) is 6.29. The van der Waals surface area contributed by atoms with Gasteiger partial charge in [-0.05, 0) is 74.2 Å². The second kappa shape index (κ2) is 8.10. The molecule has 0 amide bonds. The monoisotopic (exact) mass is 432 g/mol. The van der Waals surface area contributed by atoms with Crippen molar-refractivity contribution in [3.63, 3.8) is 0 Å². The first kappa shape index (κ1) is 20.4. The Hall–Kier alpha value is -1.88. The van der Waals surface area contributed by atoms with E-state index in [0.717, 1.165) is 28.5 Å². The van der Waals surface area contributed by atoms with E-state index in [9.17, 15) is 4.39 Å². The van der Waals surface area contributed by atoms with Gasteiger partial charge >= 0.3 is 0 Å². The lowest BCUT2D eigenvalue weighted by atomic mass is 9.75. The molecule has 3 nitrogen and oxygen atoms in total. The first-order chi connectivity index (χ1) is 13.6. The molecule has 2 aliphatic heterocycles. The first-order valence-electron chi connectivity index (χ1n) is 9.80. The third-order valence-corrected chi connectivity index (χ3v) is 6.82. The molecule has 2 unspecified atom stereocenters. The van der Waals surface area contributed by atoms with Crippen molar-refractivity contribution in [3.05, 3.63) is 76.8 Å². The molecule has 4 atom stereocenters. The average molecular weight is 433 g/mol. The minimum Gasteiger partial charge on any atom is -0.360 e. The van der Waals surface area contributed by atoms with Gasteiger partial charge in [0.25, 0.3) is 0 Å². The second-order valence-corrected chi connectivity index (χ2v) is 8.44. The smallest absolute Gasteiger partial charge is 0.142 e. The van der Waals surface area contributed by atoms with E-state index in [1.807, 2.05) is 18.2 Å². The minimum absolute atomic E-state index is 0. The number of rotatable bonds is 3. The van der Waals surface area contributed by atoms with Gasteiger partial charge < -0.3 is 4.52 Å². The summed E-state index contributed by atoms with van der Waals surface area (Å²) in [6.07, 6.45) is 3.50. The Morgan fingerprint density at radius 2 is 1.79 bits per heavy atom. The summed E-state index contributed by atoms with van der Waals surface area (Å²) in [6, 6.07) is 17.7. The summed E-state index contributed by atoms with van der Waals surface area (Å²) >= 11 is 6.12. The van der Waals surface area contributed by atoms with Gasteiger partial charge in [-0.25, -0.2) is 4.39 Å². The normalized spacial score (nSPS) is 26.3. The van der Waals surface area contributed by atoms with Crippen LogP contribution in [0.2, 0.25) is 5.02 Å². The van der Waals surface area contributed by atoms with Gasteiger partial charge in [0.15, 0.2) is 0 Å². The van der Waals surface area contributed by atoms with Gasteiger partial charge in [-0.2, -0.15) is 0 Å². The van der Waals surface area contributed by atoms with Crippen molar-refractivity contribution < 1.29 is 8.91 Å². The summed E-state index contributed by atoms with van der Waals surface area (Å²) in [5.41, 5.74) is 2.93. The number of likely N-dealkylation sites (N-methyl/N-ethyl adjacent to an activating group) is 1. The quantitative estimate of drug-likeness (QED) is 0.486. The fourth-order valence-electron chi connectivity index (χ4n) is 5.11. The van der Waals surface area contributed by atoms with Gasteiger partial charge in [0.2, 0.25) is 0 Å². The van der Waals surface area contributed by atoms with E-state index in [1.165, 1.54) is 30.5 Å². The van der Waals surface area contributed by atoms with E-state index in [2.05, 4.69) is 29.2 Å². The lowest BCUT2D eigenvalue weighted by Gasteiger charge is -2.42. The van der Waals surface area contributed by atoms with Crippen LogP contribution in [0.5, 0.6) is 0 Å². The molecular weight excluding hydrogens is 410 g/mol. The van der Waals surface area contributed by atoms with Gasteiger partial charge in [-0.1, -0.05) is 28.9 Å². The molecule has 0 N–H and O–H groups in total. The van der Waals surface area contributed by atoms with Crippen molar-refractivity contribution >= 4 is 24.0 Å². The van der Waals surface area contributed by atoms with Crippen molar-refractivity contribution in [3.8, 4) is 11.3 Å². The van der Waals surface area contributed by atoms with E-state index in [1.54, 1.807) is 12.1 Å². The molecule has 2 saturated heterocycles. The van der Waals surface area contributed by atoms with Gasteiger partial charge in [0.05, 0.1) is 0 Å². The molecule has 6 heteroatoms. The number of piperidine rings is 1. The Morgan fingerprint density at radius 3 is 2.52 bits per heavy atom. The van der Waals surface area contributed by atoms with E-state index >= 15 is 0 Å². The minimum atomic E-state index is -0.249. The van der Waals surface area contributed by atoms with Crippen LogP contribution in [0.1, 0.15) is 42.4 Å². The topological polar surface area (TPSA) is 29.3 Å². The molecule has 2 aromatic carbocycles. The number of aromatic nitrogens is 1. The van der Waals surface area contributed by atoms with Crippen LogP contribution in [-0.2, 0) is 0 Å². The van der Waals surface area contributed by atoms with E-state index < -0.39 is 0 Å². The number of hydrogen-bond donors (Lipinski definition) is 0. The van der Waals surface area contributed by atoms with Crippen molar-refractivity contribution in [2.45, 2.75) is 43.2 Å². The maximum Gasteiger partial charge on any atom is 0.142 e. The molecule has 3 aromatic rings. The zero-order chi connectivity index (χ0) is 19.3. The highest BCUT2D eigenvalue weighted by Gasteiger charge is 2.48. The van der Waals surface area contributed by atoms with Crippen LogP contribution < -0.4 is 0 Å². The predicted molar refractivity (Wildman–Crippen MR) is 115 cm³/mol. The summed E-state index contributed by atoms with van der Waals surface area (Å²) in [7, 11) is 2.23. The molecule has 2 fully saturated rings. The van der Waals surface area contributed by atoms with Crippen LogP contribution in [0.3, 0.4) is 0 Å². The molecule has 0 aliphatic carbocycles. The molecule has 0 spiro atoms. The Morgan fingerprint density at radius 1 is 1.07 bits per heavy atom. The lowest BCUT2D eigenvalue weighted by molar-refractivity contribution is 0.122. The van der Waals surface area contributed by atoms with Crippen LogP contribution in [0.4, 0.5) is 4.39 Å². The Labute approximate surface area is 181 Å². The average Bonchev–Trinajstić information content (AvgIpc) is 3.26. The van der Waals surface area contributed by atoms with Crippen molar-refractivity contribution in [1.82, 2.24) is 10.1 Å². The van der Waals surface area contributed by atoms with Crippen LogP contribution in [0, 0.1) is 5.82 Å². The Kier molecular flexibility index (Phi) is 5.69. The number of halogens is 3. The fraction of sp³-hybridized carbons (Fsp3) is 0.348. The molecule has 29 heavy (non-hydrogen) atoms. The van der Waals surface area contributed by atoms with Crippen LogP contribution in [-0.4, -0.2) is 29.2 Å². The lowest BCUT2D eigenvalue weighted by Crippen LogP contribution is -2.44. The molecule has 1 aromatic heterocycles. The molecule has 2 bridgehead atoms. The Bertz CT molecular complexity index is 973. The molecule has 0 radical (unpaired) electrons. The van der Waals surface area contributed by atoms with E-state index in [0.29, 0.717) is 18.0 Å². The van der Waals surface area contributed by atoms with Crippen molar-refractivity contribution in [2.24, 2.45) is 0 Å². The number of hydrogen-bond acceptors (Lipinski definition) is 3. The van der Waals surface area contributed by atoms with Gasteiger partial charge in [-0.3, -0.25) is 4.90 Å². The van der Waals surface area contributed by atoms with Crippen molar-refractivity contribution in [2.75, 3.05) is 7.05 Å². The van der Waals surface area contributed by atoms with Gasteiger partial charge in [0.1, 0.15) is 17.3 Å². The Balaban J connectivity index is 0.00000205. The molecule has 0 saturated carbocycles. The number of fused-ring (bicyclic) bond motifs is 2. The van der Waals surface area contributed by atoms with Gasteiger partial charge in [0, 0.05) is 34.7 Å². The highest BCUT2D eigenvalue weighted by molar-refractivity contribution is 6.30. The number of nitrogens with zero attached hydrogens (tertiary/aromatic N) is 2. The molecule has 152 valence electrons. The maximum atomic E-state index is 13.3. The number of benzene rings is 2. The molecule has 2 aliphatic rings. The summed E-state index contributed by atoms with van der Waals surface area (Å²) in [6.45, 7) is 0. The fourth-order valence-corrected chi connectivity index (χ4v) is 5.24. The summed E-state index contributed by atoms with van der Waals surface area (Å²) in [4.78, 5) is 2.51. The van der Waals surface area contributed by atoms with E-state index in [4.69, 9.17) is 16.1 Å². The first-order valence-corrected chi connectivity index (χ1v) is 10.2. The van der Waals surface area contributed by atoms with Crippen LogP contribution in [0.25, 0.3) is 11.3 Å². The highest BCUT2D eigenvalue weighted by Crippen LogP contribution is 2.51. The standard InChI is InChI=1S/C23H22ClFN2O.ClH/c1-27-18-10-11-21(27)23(19(12-18)14-2-6-16(24)7-3-14)22-13-20(26-28-22)15-4-8-17(25)9-5-15;/h2-9,13,18-19,21,23H,10-12H2,1H3;1H/t18?,19-,21?,23+;/m1./s1. The zero-order valence-electron chi connectivity index (χ0n) is 16.1. The largest absolute Gasteiger partial charge is 0.360 e.